The van der Waals surface area contributed by atoms with Gasteiger partial charge in [-0.2, -0.15) is 0 Å². The highest BCUT2D eigenvalue weighted by Gasteiger charge is 2.39. The summed E-state index contributed by atoms with van der Waals surface area (Å²) < 4.78 is 20.3. The second-order valence-corrected chi connectivity index (χ2v) is 6.67. The first-order valence-electron chi connectivity index (χ1n) is 6.86. The van der Waals surface area contributed by atoms with Gasteiger partial charge in [-0.25, -0.2) is 4.39 Å². The van der Waals surface area contributed by atoms with Crippen molar-refractivity contribution < 1.29 is 13.9 Å². The van der Waals surface area contributed by atoms with E-state index in [1.165, 1.54) is 13.0 Å². The lowest BCUT2D eigenvalue weighted by molar-refractivity contribution is -0.133. The molecule has 0 spiro atoms. The molecule has 0 aliphatic carbocycles. The first-order chi connectivity index (χ1) is 9.11. The van der Waals surface area contributed by atoms with E-state index in [4.69, 9.17) is 4.74 Å². The number of hydrogen-bond donors (Lipinski definition) is 0. The predicted octanol–water partition coefficient (Wildman–Crippen LogP) is 3.42. The number of ether oxygens (including phenoxy) is 1. The Bertz CT molecular complexity index is 521. The summed E-state index contributed by atoms with van der Waals surface area (Å²) in [5, 5.41) is 0. The van der Waals surface area contributed by atoms with Gasteiger partial charge < -0.3 is 9.64 Å². The third kappa shape index (κ3) is 3.01. The van der Waals surface area contributed by atoms with E-state index in [0.717, 1.165) is 0 Å². The Labute approximate surface area is 119 Å². The fourth-order valence-corrected chi connectivity index (χ4v) is 3.07. The first-order valence-corrected chi connectivity index (χ1v) is 6.86. The summed E-state index contributed by atoms with van der Waals surface area (Å²) in [6.07, 6.45) is 0. The highest BCUT2D eigenvalue weighted by Crippen LogP contribution is 2.34. The molecule has 1 heterocycles. The Hall–Kier alpha value is -1.42. The van der Waals surface area contributed by atoms with Crippen LogP contribution in [0.15, 0.2) is 18.2 Å². The molecule has 0 radical (unpaired) electrons. The number of halogens is 1. The number of nitrogens with zero attached hydrogens (tertiary/aromatic N) is 1. The summed E-state index contributed by atoms with van der Waals surface area (Å²) >= 11 is 0. The molecule has 0 unspecified atom stereocenters. The molecule has 0 N–H and O–H groups in total. The van der Waals surface area contributed by atoms with Crippen LogP contribution < -0.4 is 4.90 Å². The molecule has 1 aliphatic heterocycles. The molecule has 1 fully saturated rings. The van der Waals surface area contributed by atoms with E-state index >= 15 is 0 Å². The monoisotopic (exact) mass is 279 g/mol. The second-order valence-electron chi connectivity index (χ2n) is 6.67. The van der Waals surface area contributed by atoms with Crippen LogP contribution in [0.25, 0.3) is 0 Å². The molecular formula is C16H22FNO2. The Balaban J connectivity index is 2.48. The van der Waals surface area contributed by atoms with Crippen molar-refractivity contribution in [3.05, 3.63) is 29.6 Å². The van der Waals surface area contributed by atoms with Gasteiger partial charge in [0.1, 0.15) is 5.82 Å². The fourth-order valence-electron chi connectivity index (χ4n) is 3.07. The Morgan fingerprint density at radius 1 is 1.20 bits per heavy atom. The van der Waals surface area contributed by atoms with Gasteiger partial charge in [0.05, 0.1) is 16.9 Å². The van der Waals surface area contributed by atoms with E-state index in [2.05, 4.69) is 0 Å². The van der Waals surface area contributed by atoms with Gasteiger partial charge in [0.25, 0.3) is 0 Å². The number of anilines is 1. The van der Waals surface area contributed by atoms with Crippen LogP contribution in [0.5, 0.6) is 0 Å². The molecule has 20 heavy (non-hydrogen) atoms. The van der Waals surface area contributed by atoms with E-state index in [9.17, 15) is 9.18 Å². The quantitative estimate of drug-likeness (QED) is 0.777. The maximum Gasteiger partial charge on any atom is 0.161 e. The molecular weight excluding hydrogens is 257 g/mol. The van der Waals surface area contributed by atoms with Crippen molar-refractivity contribution >= 4 is 11.5 Å². The predicted molar refractivity (Wildman–Crippen MR) is 77.9 cm³/mol. The number of rotatable bonds is 2. The van der Waals surface area contributed by atoms with E-state index in [1.54, 1.807) is 12.1 Å². The van der Waals surface area contributed by atoms with Crippen LogP contribution in [0.1, 0.15) is 45.0 Å². The molecule has 0 bridgehead atoms. The molecule has 1 saturated heterocycles. The first kappa shape index (κ1) is 15.0. The molecule has 3 nitrogen and oxygen atoms in total. The van der Waals surface area contributed by atoms with Crippen LogP contribution in [-0.4, -0.2) is 30.1 Å². The van der Waals surface area contributed by atoms with Gasteiger partial charge in [-0.15, -0.1) is 0 Å². The van der Waals surface area contributed by atoms with Crippen molar-refractivity contribution in [1.29, 1.82) is 0 Å². The van der Waals surface area contributed by atoms with Crippen LogP contribution in [0.2, 0.25) is 0 Å². The van der Waals surface area contributed by atoms with Crippen molar-refractivity contribution in [3.63, 3.8) is 0 Å². The molecule has 0 saturated carbocycles. The lowest BCUT2D eigenvalue weighted by atomic mass is 9.96. The highest BCUT2D eigenvalue weighted by molar-refractivity contribution is 5.99. The minimum absolute atomic E-state index is 0.124. The minimum Gasteiger partial charge on any atom is -0.366 e. The second kappa shape index (κ2) is 4.85. The smallest absolute Gasteiger partial charge is 0.161 e. The topological polar surface area (TPSA) is 29.5 Å². The van der Waals surface area contributed by atoms with E-state index < -0.39 is 11.2 Å². The summed E-state index contributed by atoms with van der Waals surface area (Å²) in [5.41, 5.74) is 0.0406. The van der Waals surface area contributed by atoms with Gasteiger partial charge in [0.15, 0.2) is 5.78 Å². The molecule has 0 atom stereocenters. The van der Waals surface area contributed by atoms with E-state index in [0.29, 0.717) is 24.3 Å². The summed E-state index contributed by atoms with van der Waals surface area (Å²) in [7, 11) is 0. The number of para-hydroxylation sites is 1. The Morgan fingerprint density at radius 3 is 2.25 bits per heavy atom. The minimum atomic E-state index is -0.391. The van der Waals surface area contributed by atoms with Crippen LogP contribution in [0.3, 0.4) is 0 Å². The number of carbonyl (C=O) groups excluding carboxylic acids is 1. The van der Waals surface area contributed by atoms with Crippen molar-refractivity contribution in [1.82, 2.24) is 0 Å². The Morgan fingerprint density at radius 2 is 1.75 bits per heavy atom. The third-order valence-electron chi connectivity index (χ3n) is 3.38. The number of hydrogen-bond acceptors (Lipinski definition) is 3. The van der Waals surface area contributed by atoms with Crippen LogP contribution in [0, 0.1) is 5.82 Å². The van der Waals surface area contributed by atoms with Crippen molar-refractivity contribution in [2.75, 3.05) is 18.0 Å². The Kier molecular flexibility index (Phi) is 3.63. The molecule has 1 aromatic rings. The number of benzene rings is 1. The van der Waals surface area contributed by atoms with Crippen LogP contribution >= 0.6 is 0 Å². The van der Waals surface area contributed by atoms with Gasteiger partial charge >= 0.3 is 0 Å². The third-order valence-corrected chi connectivity index (χ3v) is 3.38. The van der Waals surface area contributed by atoms with Crippen molar-refractivity contribution in [2.24, 2.45) is 0 Å². The standard InChI is InChI=1S/C16H22FNO2/c1-11(19)12-7-6-8-13(17)14(12)18-9-15(2,3)20-16(4,5)10-18/h6-8H,9-10H2,1-5H3. The molecule has 110 valence electrons. The zero-order valence-electron chi connectivity index (χ0n) is 12.8. The van der Waals surface area contributed by atoms with Crippen LogP contribution in [-0.2, 0) is 4.74 Å². The lowest BCUT2D eigenvalue weighted by Gasteiger charge is -2.48. The largest absolute Gasteiger partial charge is 0.366 e. The average molecular weight is 279 g/mol. The fraction of sp³-hybridized carbons (Fsp3) is 0.562. The van der Waals surface area contributed by atoms with Gasteiger partial charge in [-0.05, 0) is 46.8 Å². The summed E-state index contributed by atoms with van der Waals surface area (Å²) in [6, 6.07) is 4.65. The van der Waals surface area contributed by atoms with Gasteiger partial charge in [0.2, 0.25) is 0 Å². The van der Waals surface area contributed by atoms with Crippen molar-refractivity contribution in [2.45, 2.75) is 45.8 Å². The normalized spacial score (nSPS) is 20.8. The highest BCUT2D eigenvalue weighted by atomic mass is 19.1. The molecule has 4 heteroatoms. The van der Waals surface area contributed by atoms with E-state index in [-0.39, 0.29) is 11.6 Å². The maximum atomic E-state index is 14.3. The van der Waals surface area contributed by atoms with E-state index in [1.807, 2.05) is 32.6 Å². The number of Topliss-reactive ketones (excluding diaryl/α,β-unsaturated/α-hetero) is 1. The van der Waals surface area contributed by atoms with Crippen LogP contribution in [0.4, 0.5) is 10.1 Å². The molecule has 1 aromatic carbocycles. The summed E-state index contributed by atoms with van der Waals surface area (Å²) in [4.78, 5) is 13.7. The molecule has 2 rings (SSSR count). The molecule has 1 aliphatic rings. The lowest BCUT2D eigenvalue weighted by Crippen LogP contribution is -2.57. The molecule has 0 amide bonds. The zero-order valence-corrected chi connectivity index (χ0v) is 12.8. The SMILES string of the molecule is CC(=O)c1cccc(F)c1N1CC(C)(C)OC(C)(C)C1. The zero-order chi connectivity index (χ0) is 15.1. The number of ketones is 1. The number of carbonyl (C=O) groups is 1. The number of morpholine rings is 1. The summed E-state index contributed by atoms with van der Waals surface area (Å²) in [5.74, 6) is -0.479. The van der Waals surface area contributed by atoms with Gasteiger partial charge in [0, 0.05) is 18.7 Å². The van der Waals surface area contributed by atoms with Gasteiger partial charge in [-0.1, -0.05) is 6.07 Å². The summed E-state index contributed by atoms with van der Waals surface area (Å²) in [6.45, 7) is 10.5. The van der Waals surface area contributed by atoms with Crippen molar-refractivity contribution in [3.8, 4) is 0 Å². The molecule has 0 aromatic heterocycles. The maximum absolute atomic E-state index is 14.3. The average Bonchev–Trinajstić information content (AvgIpc) is 2.23. The van der Waals surface area contributed by atoms with Gasteiger partial charge in [-0.3, -0.25) is 4.79 Å².